The summed E-state index contributed by atoms with van der Waals surface area (Å²) in [4.78, 5) is 31.6. The highest BCUT2D eigenvalue weighted by atomic mass is 35.5. The first-order valence-electron chi connectivity index (χ1n) is 10.2. The SMILES string of the molecule is CC(=O)c1ccc(C(=O)N(CCn2nc(C)cc2C)c2nc3c(C)c(Cl)ccc3s2)cc1. The summed E-state index contributed by atoms with van der Waals surface area (Å²) < 4.78 is 2.86. The quantitative estimate of drug-likeness (QED) is 0.346. The number of thiazole rings is 1. The van der Waals surface area contributed by atoms with Gasteiger partial charge in [0, 0.05) is 28.4 Å². The molecule has 0 saturated carbocycles. The zero-order chi connectivity index (χ0) is 23.0. The molecule has 0 aliphatic rings. The number of hydrogen-bond donors (Lipinski definition) is 0. The van der Waals surface area contributed by atoms with Gasteiger partial charge in [0.1, 0.15) is 0 Å². The van der Waals surface area contributed by atoms with Crippen LogP contribution in [0, 0.1) is 20.8 Å². The molecule has 0 N–H and O–H groups in total. The predicted octanol–water partition coefficient (Wildman–Crippen LogP) is 5.62. The van der Waals surface area contributed by atoms with Crippen molar-refractivity contribution in [3.05, 3.63) is 75.6 Å². The van der Waals surface area contributed by atoms with Gasteiger partial charge in [0.25, 0.3) is 5.91 Å². The molecule has 0 spiro atoms. The summed E-state index contributed by atoms with van der Waals surface area (Å²) >= 11 is 7.74. The summed E-state index contributed by atoms with van der Waals surface area (Å²) in [6.45, 7) is 8.32. The minimum absolute atomic E-state index is 0.0380. The third-order valence-electron chi connectivity index (χ3n) is 5.39. The first-order chi connectivity index (χ1) is 15.2. The Balaban J connectivity index is 1.72. The van der Waals surface area contributed by atoms with Crippen LogP contribution in [-0.4, -0.2) is 33.0 Å². The summed E-state index contributed by atoms with van der Waals surface area (Å²) in [6.07, 6.45) is 0. The Morgan fingerprint density at radius 2 is 1.75 bits per heavy atom. The van der Waals surface area contributed by atoms with Crippen molar-refractivity contribution in [2.24, 2.45) is 0 Å². The molecule has 2 heterocycles. The Hall–Kier alpha value is -3.03. The van der Waals surface area contributed by atoms with E-state index in [1.54, 1.807) is 29.2 Å². The molecule has 4 aromatic rings. The maximum atomic E-state index is 13.5. The smallest absolute Gasteiger partial charge is 0.260 e. The second-order valence-electron chi connectivity index (χ2n) is 7.76. The number of nitrogens with zero attached hydrogens (tertiary/aromatic N) is 4. The molecule has 0 atom stereocenters. The van der Waals surface area contributed by atoms with E-state index in [2.05, 4.69) is 5.10 Å². The van der Waals surface area contributed by atoms with Crippen molar-refractivity contribution in [3.63, 3.8) is 0 Å². The Morgan fingerprint density at radius 1 is 1.06 bits per heavy atom. The monoisotopic (exact) mass is 466 g/mol. The largest absolute Gasteiger partial charge is 0.295 e. The number of halogens is 1. The molecule has 0 aliphatic heterocycles. The fourth-order valence-corrected chi connectivity index (χ4v) is 4.79. The van der Waals surface area contributed by atoms with E-state index in [0.717, 1.165) is 27.2 Å². The molecular formula is C24H23ClN4O2S. The maximum Gasteiger partial charge on any atom is 0.260 e. The normalized spacial score (nSPS) is 11.2. The van der Waals surface area contributed by atoms with E-state index >= 15 is 0 Å². The van der Waals surface area contributed by atoms with Crippen LogP contribution in [0.15, 0.2) is 42.5 Å². The average Bonchev–Trinajstić information content (AvgIpc) is 3.34. The standard InChI is InChI=1S/C24H23ClN4O2S/c1-14-13-15(2)29(27-14)12-11-28(23(31)19-7-5-18(6-8-19)17(4)30)24-26-22-16(3)20(25)9-10-21(22)32-24/h5-10,13H,11-12H2,1-4H3. The fraction of sp³-hybridized carbons (Fsp3) is 0.250. The minimum atomic E-state index is -0.176. The molecule has 0 fully saturated rings. The Kier molecular flexibility index (Phi) is 6.13. The van der Waals surface area contributed by atoms with Crippen LogP contribution in [0.2, 0.25) is 5.02 Å². The number of fused-ring (bicyclic) bond motifs is 1. The van der Waals surface area contributed by atoms with Crippen molar-refractivity contribution in [3.8, 4) is 0 Å². The van der Waals surface area contributed by atoms with Crippen molar-refractivity contribution in [2.75, 3.05) is 11.4 Å². The third-order valence-corrected chi connectivity index (χ3v) is 6.84. The molecule has 0 saturated heterocycles. The molecule has 0 aliphatic carbocycles. The average molecular weight is 467 g/mol. The second-order valence-corrected chi connectivity index (χ2v) is 9.17. The summed E-state index contributed by atoms with van der Waals surface area (Å²) in [6, 6.07) is 12.5. The number of hydrogen-bond acceptors (Lipinski definition) is 5. The highest BCUT2D eigenvalue weighted by Crippen LogP contribution is 2.34. The molecule has 1 amide bonds. The Bertz CT molecular complexity index is 1320. The van der Waals surface area contributed by atoms with E-state index < -0.39 is 0 Å². The Labute approximate surface area is 195 Å². The molecular weight excluding hydrogens is 444 g/mol. The number of anilines is 1. The predicted molar refractivity (Wildman–Crippen MR) is 129 cm³/mol. The number of carbonyl (C=O) groups is 2. The number of aromatic nitrogens is 3. The van der Waals surface area contributed by atoms with Crippen molar-refractivity contribution >= 4 is 50.0 Å². The molecule has 0 bridgehead atoms. The van der Waals surface area contributed by atoms with E-state index in [1.807, 2.05) is 43.7 Å². The van der Waals surface area contributed by atoms with Gasteiger partial charge in [-0.05, 0) is 63.6 Å². The van der Waals surface area contributed by atoms with Gasteiger partial charge in [-0.1, -0.05) is 35.1 Å². The number of amides is 1. The first-order valence-corrected chi connectivity index (χ1v) is 11.4. The first kappa shape index (κ1) is 22.2. The minimum Gasteiger partial charge on any atom is -0.295 e. The van der Waals surface area contributed by atoms with Crippen LogP contribution in [0.25, 0.3) is 10.2 Å². The fourth-order valence-electron chi connectivity index (χ4n) is 3.59. The molecule has 32 heavy (non-hydrogen) atoms. The van der Waals surface area contributed by atoms with Gasteiger partial charge in [-0.2, -0.15) is 5.10 Å². The van der Waals surface area contributed by atoms with Gasteiger partial charge in [-0.15, -0.1) is 0 Å². The van der Waals surface area contributed by atoms with E-state index in [-0.39, 0.29) is 11.7 Å². The lowest BCUT2D eigenvalue weighted by Gasteiger charge is -2.20. The van der Waals surface area contributed by atoms with E-state index in [9.17, 15) is 9.59 Å². The number of benzene rings is 2. The van der Waals surface area contributed by atoms with Crippen molar-refractivity contribution < 1.29 is 9.59 Å². The molecule has 2 aromatic heterocycles. The zero-order valence-electron chi connectivity index (χ0n) is 18.3. The number of Topliss-reactive ketones (excluding diaryl/α,β-unsaturated/α-hetero) is 1. The Morgan fingerprint density at radius 3 is 2.38 bits per heavy atom. The van der Waals surface area contributed by atoms with Gasteiger partial charge in [0.2, 0.25) is 0 Å². The van der Waals surface area contributed by atoms with E-state index in [4.69, 9.17) is 16.6 Å². The lowest BCUT2D eigenvalue weighted by Crippen LogP contribution is -2.34. The molecule has 8 heteroatoms. The topological polar surface area (TPSA) is 68.1 Å². The lowest BCUT2D eigenvalue weighted by atomic mass is 10.1. The second kappa shape index (κ2) is 8.84. The van der Waals surface area contributed by atoms with Gasteiger partial charge in [0.05, 0.1) is 22.5 Å². The van der Waals surface area contributed by atoms with Crippen molar-refractivity contribution in [2.45, 2.75) is 34.2 Å². The third kappa shape index (κ3) is 4.31. The van der Waals surface area contributed by atoms with Crippen LogP contribution in [0.5, 0.6) is 0 Å². The molecule has 4 rings (SSSR count). The van der Waals surface area contributed by atoms with Crippen molar-refractivity contribution in [1.82, 2.24) is 14.8 Å². The highest BCUT2D eigenvalue weighted by molar-refractivity contribution is 7.22. The number of aryl methyl sites for hydroxylation is 3. The number of rotatable bonds is 6. The summed E-state index contributed by atoms with van der Waals surface area (Å²) in [5.41, 5.74) is 4.73. The van der Waals surface area contributed by atoms with Gasteiger partial charge >= 0.3 is 0 Å². The van der Waals surface area contributed by atoms with Crippen LogP contribution < -0.4 is 4.90 Å². The molecule has 0 radical (unpaired) electrons. The molecule has 0 unspecified atom stereocenters. The molecule has 6 nitrogen and oxygen atoms in total. The lowest BCUT2D eigenvalue weighted by molar-refractivity contribution is 0.0981. The van der Waals surface area contributed by atoms with Crippen LogP contribution in [0.1, 0.15) is 44.6 Å². The summed E-state index contributed by atoms with van der Waals surface area (Å²) in [5.74, 6) is -0.214. The van der Waals surface area contributed by atoms with E-state index in [1.165, 1.54) is 18.3 Å². The van der Waals surface area contributed by atoms with Crippen LogP contribution in [-0.2, 0) is 6.54 Å². The molecule has 164 valence electrons. The summed E-state index contributed by atoms with van der Waals surface area (Å²) in [5, 5.41) is 5.77. The zero-order valence-corrected chi connectivity index (χ0v) is 19.9. The molecule has 2 aromatic carbocycles. The number of carbonyl (C=O) groups excluding carboxylic acids is 2. The maximum absolute atomic E-state index is 13.5. The van der Waals surface area contributed by atoms with Gasteiger partial charge in [0.15, 0.2) is 10.9 Å². The van der Waals surface area contributed by atoms with Gasteiger partial charge in [-0.3, -0.25) is 19.2 Å². The van der Waals surface area contributed by atoms with Gasteiger partial charge < -0.3 is 0 Å². The van der Waals surface area contributed by atoms with Crippen LogP contribution >= 0.6 is 22.9 Å². The van der Waals surface area contributed by atoms with E-state index in [0.29, 0.717) is 34.4 Å². The van der Waals surface area contributed by atoms with Crippen LogP contribution in [0.4, 0.5) is 5.13 Å². The van der Waals surface area contributed by atoms with Crippen molar-refractivity contribution in [1.29, 1.82) is 0 Å². The summed E-state index contributed by atoms with van der Waals surface area (Å²) in [7, 11) is 0. The number of ketones is 1. The van der Waals surface area contributed by atoms with Gasteiger partial charge in [-0.25, -0.2) is 4.98 Å². The van der Waals surface area contributed by atoms with Crippen LogP contribution in [0.3, 0.4) is 0 Å². The highest BCUT2D eigenvalue weighted by Gasteiger charge is 2.23.